The number of hydrogen-bond donors (Lipinski definition) is 0. The molecule has 110 valence electrons. The smallest absolute Gasteiger partial charge is 0.313 e. The molecule has 9 heteroatoms. The van der Waals surface area contributed by atoms with Gasteiger partial charge in [-0.3, -0.25) is 10.1 Å². The summed E-state index contributed by atoms with van der Waals surface area (Å²) in [5.74, 6) is 0.680. The van der Waals surface area contributed by atoms with Gasteiger partial charge in [0.2, 0.25) is 11.6 Å². The summed E-state index contributed by atoms with van der Waals surface area (Å²) in [6.45, 7) is 1.88. The number of hydrogen-bond acceptors (Lipinski definition) is 5. The zero-order valence-corrected chi connectivity index (χ0v) is 13.7. The van der Waals surface area contributed by atoms with Crippen LogP contribution in [0.5, 0.6) is 11.6 Å². The minimum atomic E-state index is -0.603. The Bertz CT molecular complexity index is 712. The maximum atomic E-state index is 11.0. The highest BCUT2D eigenvalue weighted by atomic mass is 79.9. The maximum absolute atomic E-state index is 11.0. The zero-order chi connectivity index (χ0) is 15.6. The minimum Gasteiger partial charge on any atom is -0.432 e. The second-order valence-corrected chi connectivity index (χ2v) is 5.52. The van der Waals surface area contributed by atoms with Crippen molar-refractivity contribution in [3.63, 3.8) is 0 Å². The summed E-state index contributed by atoms with van der Waals surface area (Å²) in [7, 11) is 0. The summed E-state index contributed by atoms with van der Waals surface area (Å²) in [6, 6.07) is 3.92. The van der Waals surface area contributed by atoms with Gasteiger partial charge in [0, 0.05) is 24.6 Å². The van der Waals surface area contributed by atoms with E-state index in [1.54, 1.807) is 0 Å². The Labute approximate surface area is 138 Å². The van der Waals surface area contributed by atoms with Gasteiger partial charge in [-0.05, 0) is 15.9 Å². The van der Waals surface area contributed by atoms with Gasteiger partial charge in [-0.15, -0.1) is 0 Å². The molecule has 0 amide bonds. The van der Waals surface area contributed by atoms with Crippen LogP contribution in [0.15, 0.2) is 22.8 Å². The molecule has 2 rings (SSSR count). The molecule has 1 aromatic heterocycles. The number of aryl methyl sites for hydroxylation is 1. The van der Waals surface area contributed by atoms with Crippen molar-refractivity contribution < 1.29 is 9.66 Å². The van der Waals surface area contributed by atoms with Gasteiger partial charge in [-0.2, -0.15) is 4.98 Å². The first-order chi connectivity index (χ1) is 9.90. The number of nitro groups is 1. The molecule has 0 fully saturated rings. The lowest BCUT2D eigenvalue weighted by atomic mass is 10.3. The minimum absolute atomic E-state index is 0.0398. The maximum Gasteiger partial charge on any atom is 0.313 e. The Balaban J connectivity index is 2.46. The van der Waals surface area contributed by atoms with E-state index in [0.717, 1.165) is 6.07 Å². The summed E-state index contributed by atoms with van der Waals surface area (Å²) in [6.07, 6.45) is 0.596. The predicted octanol–water partition coefficient (Wildman–Crippen LogP) is 4.81. The lowest BCUT2D eigenvalue weighted by Gasteiger charge is -2.08. The fraction of sp³-hybridized carbons (Fsp3) is 0.167. The third-order valence-electron chi connectivity index (χ3n) is 2.45. The second-order valence-electron chi connectivity index (χ2n) is 3.89. The lowest BCUT2D eigenvalue weighted by Crippen LogP contribution is -1.99. The molecule has 0 N–H and O–H groups in total. The monoisotopic (exact) mass is 391 g/mol. The van der Waals surface area contributed by atoms with Crippen LogP contribution in [-0.2, 0) is 6.42 Å². The van der Waals surface area contributed by atoms with Crippen LogP contribution in [0.4, 0.5) is 5.69 Å². The van der Waals surface area contributed by atoms with Crippen molar-refractivity contribution in [2.24, 2.45) is 0 Å². The van der Waals surface area contributed by atoms with Crippen molar-refractivity contribution in [1.82, 2.24) is 9.97 Å². The molecule has 0 aliphatic rings. The van der Waals surface area contributed by atoms with Crippen LogP contribution in [0.1, 0.15) is 12.7 Å². The summed E-state index contributed by atoms with van der Waals surface area (Å²) in [5, 5.41) is 11.3. The van der Waals surface area contributed by atoms with E-state index in [0.29, 0.717) is 16.8 Å². The summed E-state index contributed by atoms with van der Waals surface area (Å²) < 4.78 is 5.98. The highest BCUT2D eigenvalue weighted by molar-refractivity contribution is 9.10. The second kappa shape index (κ2) is 6.55. The largest absolute Gasteiger partial charge is 0.432 e. The summed E-state index contributed by atoms with van der Waals surface area (Å²) in [4.78, 5) is 18.7. The molecule has 0 aliphatic heterocycles. The van der Waals surface area contributed by atoms with E-state index >= 15 is 0 Å². The molecule has 0 saturated heterocycles. The molecule has 0 saturated carbocycles. The van der Waals surface area contributed by atoms with E-state index < -0.39 is 4.92 Å². The number of ether oxygens (including phenoxy) is 1. The van der Waals surface area contributed by atoms with Gasteiger partial charge in [0.25, 0.3) is 0 Å². The van der Waals surface area contributed by atoms with Crippen LogP contribution in [-0.4, -0.2) is 14.9 Å². The molecule has 6 nitrogen and oxygen atoms in total. The zero-order valence-electron chi connectivity index (χ0n) is 10.6. The normalized spacial score (nSPS) is 10.5. The molecule has 0 aliphatic carbocycles. The lowest BCUT2D eigenvalue weighted by molar-refractivity contribution is -0.385. The van der Waals surface area contributed by atoms with Gasteiger partial charge in [-0.1, -0.05) is 30.1 Å². The molecule has 2 aromatic rings. The van der Waals surface area contributed by atoms with Crippen LogP contribution in [0.3, 0.4) is 0 Å². The van der Waals surface area contributed by atoms with Gasteiger partial charge in [0.05, 0.1) is 15.0 Å². The topological polar surface area (TPSA) is 78.2 Å². The van der Waals surface area contributed by atoms with E-state index in [-0.39, 0.29) is 27.4 Å². The molecule has 1 heterocycles. The van der Waals surface area contributed by atoms with E-state index in [4.69, 9.17) is 27.9 Å². The molecule has 21 heavy (non-hydrogen) atoms. The van der Waals surface area contributed by atoms with Crippen LogP contribution in [0, 0.1) is 10.1 Å². The van der Waals surface area contributed by atoms with Gasteiger partial charge in [0.1, 0.15) is 10.4 Å². The number of nitro benzene ring substituents is 1. The summed E-state index contributed by atoms with van der Waals surface area (Å²) >= 11 is 14.9. The van der Waals surface area contributed by atoms with Crippen LogP contribution in [0.2, 0.25) is 10.0 Å². The van der Waals surface area contributed by atoms with Crippen molar-refractivity contribution in [1.29, 1.82) is 0 Å². The molecule has 0 radical (unpaired) electrons. The Kier molecular flexibility index (Phi) is 4.97. The molecule has 0 unspecified atom stereocenters. The van der Waals surface area contributed by atoms with Crippen molar-refractivity contribution in [2.75, 3.05) is 0 Å². The van der Waals surface area contributed by atoms with Gasteiger partial charge in [0.15, 0.2) is 0 Å². The Morgan fingerprint density at radius 2 is 1.95 bits per heavy atom. The highest BCUT2D eigenvalue weighted by Crippen LogP contribution is 2.37. The number of nitrogens with zero attached hydrogens (tertiary/aromatic N) is 3. The first-order valence-corrected chi connectivity index (χ1v) is 7.30. The third-order valence-corrected chi connectivity index (χ3v) is 3.58. The molecule has 1 aromatic carbocycles. The van der Waals surface area contributed by atoms with E-state index in [2.05, 4.69) is 25.9 Å². The van der Waals surface area contributed by atoms with Gasteiger partial charge >= 0.3 is 5.69 Å². The van der Waals surface area contributed by atoms with E-state index in [1.165, 1.54) is 12.1 Å². The predicted molar refractivity (Wildman–Crippen MR) is 82.3 cm³/mol. The molecule has 0 bridgehead atoms. The van der Waals surface area contributed by atoms with E-state index in [9.17, 15) is 10.1 Å². The highest BCUT2D eigenvalue weighted by Gasteiger charge is 2.20. The van der Waals surface area contributed by atoms with Crippen molar-refractivity contribution in [3.05, 3.63) is 48.8 Å². The number of aromatic nitrogens is 2. The Hall–Kier alpha value is -1.44. The number of halogens is 3. The quantitative estimate of drug-likeness (QED) is 0.423. The van der Waals surface area contributed by atoms with Crippen molar-refractivity contribution in [2.45, 2.75) is 13.3 Å². The third kappa shape index (κ3) is 3.81. The Morgan fingerprint density at radius 1 is 1.29 bits per heavy atom. The standard InChI is InChI=1S/C12H8BrCl2N3O3/c1-2-11-16-10(13)5-12(17-11)21-9-4-7(15)6(14)3-8(9)18(19)20/h3-5H,2H2,1H3. The van der Waals surface area contributed by atoms with Gasteiger partial charge < -0.3 is 4.74 Å². The molecular formula is C12H8BrCl2N3O3. The van der Waals surface area contributed by atoms with E-state index in [1.807, 2.05) is 6.92 Å². The summed E-state index contributed by atoms with van der Waals surface area (Å²) in [5.41, 5.74) is -0.294. The van der Waals surface area contributed by atoms with Crippen LogP contribution in [0.25, 0.3) is 0 Å². The fourth-order valence-electron chi connectivity index (χ4n) is 1.51. The first-order valence-electron chi connectivity index (χ1n) is 5.75. The molecular weight excluding hydrogens is 385 g/mol. The van der Waals surface area contributed by atoms with Crippen LogP contribution >= 0.6 is 39.1 Å². The van der Waals surface area contributed by atoms with Crippen molar-refractivity contribution >= 4 is 44.8 Å². The SMILES string of the molecule is CCc1nc(Br)cc(Oc2cc(Cl)c(Cl)cc2[N+](=O)[O-])n1. The Morgan fingerprint density at radius 3 is 2.57 bits per heavy atom. The molecule has 0 spiro atoms. The number of rotatable bonds is 4. The van der Waals surface area contributed by atoms with Gasteiger partial charge in [-0.25, -0.2) is 4.98 Å². The number of benzene rings is 1. The van der Waals surface area contributed by atoms with Crippen molar-refractivity contribution in [3.8, 4) is 11.6 Å². The fourth-order valence-corrected chi connectivity index (χ4v) is 2.22. The average Bonchev–Trinajstić information content (AvgIpc) is 2.41. The molecule has 0 atom stereocenters. The average molecular weight is 393 g/mol. The first kappa shape index (κ1) is 15.9. The van der Waals surface area contributed by atoms with Crippen LogP contribution < -0.4 is 4.74 Å².